The van der Waals surface area contributed by atoms with Crippen LogP contribution >= 0.6 is 11.3 Å². The van der Waals surface area contributed by atoms with E-state index in [-0.39, 0.29) is 25.0 Å². The van der Waals surface area contributed by atoms with Gasteiger partial charge in [-0.2, -0.15) is 13.2 Å². The molecule has 0 saturated carbocycles. The van der Waals surface area contributed by atoms with Gasteiger partial charge in [0.25, 0.3) is 0 Å². The molecule has 0 fully saturated rings. The van der Waals surface area contributed by atoms with Gasteiger partial charge in [0.15, 0.2) is 0 Å². The van der Waals surface area contributed by atoms with Gasteiger partial charge in [-0.3, -0.25) is 9.59 Å². The van der Waals surface area contributed by atoms with Crippen LogP contribution in [-0.2, 0) is 20.9 Å². The number of ether oxygens (including phenoxy) is 1. The first kappa shape index (κ1) is 32.9. The summed E-state index contributed by atoms with van der Waals surface area (Å²) in [5.74, 6) is -2.10. The number of carbonyl (C=O) groups is 2. The molecule has 39 heavy (non-hydrogen) atoms. The molecule has 3 unspecified atom stereocenters. The Kier molecular flexibility index (Phi) is 11.7. The molecule has 0 amide bonds. The zero-order valence-electron chi connectivity index (χ0n) is 23.8. The smallest absolute Gasteiger partial charge is 0.412 e. The normalized spacial score (nSPS) is 28.6. The topological polar surface area (TPSA) is 79.7 Å². The van der Waals surface area contributed by atoms with Crippen LogP contribution in [0.15, 0.2) is 34.8 Å². The van der Waals surface area contributed by atoms with Crippen molar-refractivity contribution in [1.82, 2.24) is 9.88 Å². The number of esters is 1. The molecule has 2 heterocycles. The van der Waals surface area contributed by atoms with Crippen LogP contribution in [0.25, 0.3) is 6.08 Å². The number of cyclic esters (lactones) is 1. The minimum atomic E-state index is -4.58. The number of nitrogens with zero attached hydrogens (tertiary/aromatic N) is 2. The number of hydrogen-bond acceptors (Lipinski definition) is 7. The van der Waals surface area contributed by atoms with E-state index in [9.17, 15) is 27.9 Å². The Morgan fingerprint density at radius 3 is 2.56 bits per heavy atom. The zero-order chi connectivity index (χ0) is 29.5. The number of halogens is 3. The lowest BCUT2D eigenvalue weighted by molar-refractivity contribution is -0.148. The zero-order valence-corrected chi connectivity index (χ0v) is 24.7. The van der Waals surface area contributed by atoms with Gasteiger partial charge in [0, 0.05) is 47.6 Å². The number of thiazole rings is 1. The Balaban J connectivity index is 2.44. The monoisotopic (exact) mass is 570 g/mol. The molecule has 0 radical (unpaired) electrons. The molecule has 1 aliphatic rings. The molecular formula is C29H41F3N2O4S. The van der Waals surface area contributed by atoms with E-state index in [1.54, 1.807) is 40.7 Å². The molecule has 1 aliphatic heterocycles. The Morgan fingerprint density at radius 2 is 1.95 bits per heavy atom. The second kappa shape index (κ2) is 13.9. The van der Waals surface area contributed by atoms with Crippen molar-refractivity contribution < 1.29 is 32.6 Å². The first-order valence-electron chi connectivity index (χ1n) is 13.1. The molecule has 6 nitrogen and oxygen atoms in total. The summed E-state index contributed by atoms with van der Waals surface area (Å²) in [5.41, 5.74) is -0.449. The summed E-state index contributed by atoms with van der Waals surface area (Å²) >= 11 is 1.47. The Hall–Kier alpha value is -2.30. The van der Waals surface area contributed by atoms with Crippen molar-refractivity contribution in [3.8, 4) is 0 Å². The first-order valence-corrected chi connectivity index (χ1v) is 14.0. The third-order valence-electron chi connectivity index (χ3n) is 6.98. The SMILES string of the molecule is C/C(=C\c1csc(CN(C)C)n1)C1C/C=C(/C(F)(F)F)C/C=C/C(C)C(O)[C@@H](C)C(=O)C(C)(C)CCC(=O)O1. The minimum absolute atomic E-state index is 0.0830. The van der Waals surface area contributed by atoms with E-state index in [0.717, 1.165) is 11.1 Å². The van der Waals surface area contributed by atoms with Crippen LogP contribution in [0.4, 0.5) is 13.2 Å². The van der Waals surface area contributed by atoms with E-state index in [2.05, 4.69) is 4.98 Å². The number of hydrogen-bond donors (Lipinski definition) is 1. The van der Waals surface area contributed by atoms with E-state index in [0.29, 0.717) is 17.8 Å². The van der Waals surface area contributed by atoms with Crippen molar-refractivity contribution in [3.05, 3.63) is 45.5 Å². The van der Waals surface area contributed by atoms with Crippen molar-refractivity contribution in [2.24, 2.45) is 17.3 Å². The Morgan fingerprint density at radius 1 is 1.28 bits per heavy atom. The maximum absolute atomic E-state index is 13.8. The van der Waals surface area contributed by atoms with Crippen LogP contribution in [0.2, 0.25) is 0 Å². The highest BCUT2D eigenvalue weighted by molar-refractivity contribution is 7.09. The van der Waals surface area contributed by atoms with Crippen molar-refractivity contribution in [2.75, 3.05) is 14.1 Å². The third kappa shape index (κ3) is 9.99. The summed E-state index contributed by atoms with van der Waals surface area (Å²) in [7, 11) is 3.86. The third-order valence-corrected chi connectivity index (χ3v) is 7.84. The van der Waals surface area contributed by atoms with Crippen LogP contribution in [0.5, 0.6) is 0 Å². The second-order valence-corrected chi connectivity index (χ2v) is 12.2. The van der Waals surface area contributed by atoms with Gasteiger partial charge in [-0.25, -0.2) is 4.98 Å². The number of aliphatic hydroxyl groups excluding tert-OH is 1. The molecule has 0 aromatic carbocycles. The lowest BCUT2D eigenvalue weighted by Gasteiger charge is -2.30. The molecule has 1 N–H and O–H groups in total. The summed E-state index contributed by atoms with van der Waals surface area (Å²) < 4.78 is 47.2. The number of aromatic nitrogens is 1. The van der Waals surface area contributed by atoms with E-state index in [1.165, 1.54) is 23.5 Å². The number of aliphatic hydroxyl groups is 1. The van der Waals surface area contributed by atoms with Gasteiger partial charge >= 0.3 is 12.1 Å². The van der Waals surface area contributed by atoms with Gasteiger partial charge in [-0.15, -0.1) is 11.3 Å². The molecule has 1 aromatic heterocycles. The van der Waals surface area contributed by atoms with Gasteiger partial charge in [-0.1, -0.05) is 45.9 Å². The molecule has 218 valence electrons. The molecule has 4 atom stereocenters. The van der Waals surface area contributed by atoms with E-state index in [4.69, 9.17) is 4.74 Å². The van der Waals surface area contributed by atoms with Gasteiger partial charge in [0.05, 0.1) is 11.8 Å². The van der Waals surface area contributed by atoms with E-state index >= 15 is 0 Å². The average Bonchev–Trinajstić information content (AvgIpc) is 3.26. The first-order chi connectivity index (χ1) is 18.0. The van der Waals surface area contributed by atoms with E-state index < -0.39 is 53.6 Å². The van der Waals surface area contributed by atoms with Crippen molar-refractivity contribution in [2.45, 2.75) is 85.2 Å². The highest BCUT2D eigenvalue weighted by Crippen LogP contribution is 2.33. The lowest BCUT2D eigenvalue weighted by atomic mass is 9.75. The quantitative estimate of drug-likeness (QED) is 0.335. The average molecular weight is 571 g/mol. The summed E-state index contributed by atoms with van der Waals surface area (Å²) in [6.07, 6.45) is -1.35. The number of allylic oxidation sites excluding steroid dienone is 2. The fraction of sp³-hybridized carbons (Fsp3) is 0.621. The number of rotatable bonds is 4. The van der Waals surface area contributed by atoms with Gasteiger partial charge in [-0.05, 0) is 45.5 Å². The van der Waals surface area contributed by atoms with Crippen molar-refractivity contribution in [3.63, 3.8) is 0 Å². The molecule has 10 heteroatoms. The predicted molar refractivity (Wildman–Crippen MR) is 148 cm³/mol. The van der Waals surface area contributed by atoms with Crippen LogP contribution in [0.3, 0.4) is 0 Å². The molecular weight excluding hydrogens is 529 g/mol. The van der Waals surface area contributed by atoms with Crippen LogP contribution in [-0.4, -0.2) is 59.2 Å². The highest BCUT2D eigenvalue weighted by atomic mass is 32.1. The van der Waals surface area contributed by atoms with Crippen molar-refractivity contribution >= 4 is 29.2 Å². The van der Waals surface area contributed by atoms with Crippen molar-refractivity contribution in [1.29, 1.82) is 0 Å². The number of ketones is 1. The standard InChI is InChI=1S/C29H41F3N2O4S/c1-18-9-8-10-21(29(30,31)32)11-12-23(19(2)15-22-17-39-24(33-22)16-34(6)7)38-25(35)13-14-28(4,5)27(37)20(3)26(18)36/h8-9,11,15,17-18,20,23,26,36H,10,12-14,16H2,1-7H3/b9-8+,19-15+,21-11+/t18?,20-,23?,26?/m1/s1. The van der Waals surface area contributed by atoms with Crippen LogP contribution in [0.1, 0.15) is 71.0 Å². The summed E-state index contributed by atoms with van der Waals surface area (Å²) in [6, 6.07) is 0. The van der Waals surface area contributed by atoms with Gasteiger partial charge < -0.3 is 14.7 Å². The van der Waals surface area contributed by atoms with Gasteiger partial charge in [0.2, 0.25) is 0 Å². The molecule has 0 spiro atoms. The fourth-order valence-corrected chi connectivity index (χ4v) is 5.33. The maximum atomic E-state index is 13.8. The fourth-order valence-electron chi connectivity index (χ4n) is 4.46. The maximum Gasteiger partial charge on any atom is 0.412 e. The van der Waals surface area contributed by atoms with Crippen LogP contribution in [0, 0.1) is 17.3 Å². The number of alkyl halides is 3. The predicted octanol–water partition coefficient (Wildman–Crippen LogP) is 6.37. The Labute approximate surface area is 233 Å². The highest BCUT2D eigenvalue weighted by Gasteiger charge is 2.37. The molecule has 0 bridgehead atoms. The molecule has 0 aliphatic carbocycles. The molecule has 2 rings (SSSR count). The van der Waals surface area contributed by atoms with E-state index in [1.807, 2.05) is 24.4 Å². The number of Topliss-reactive ketones (excluding diaryl/α,β-unsaturated/α-hetero) is 1. The summed E-state index contributed by atoms with van der Waals surface area (Å²) in [4.78, 5) is 32.5. The number of carbonyl (C=O) groups excluding carboxylic acids is 2. The summed E-state index contributed by atoms with van der Waals surface area (Å²) in [5, 5.41) is 13.4. The molecule has 0 saturated heterocycles. The lowest BCUT2D eigenvalue weighted by Crippen LogP contribution is -2.38. The second-order valence-electron chi connectivity index (χ2n) is 11.3. The molecule has 1 aromatic rings. The Bertz CT molecular complexity index is 1090. The van der Waals surface area contributed by atoms with Gasteiger partial charge in [0.1, 0.15) is 16.9 Å². The largest absolute Gasteiger partial charge is 0.457 e. The van der Waals surface area contributed by atoms with Crippen LogP contribution < -0.4 is 0 Å². The minimum Gasteiger partial charge on any atom is -0.457 e. The summed E-state index contributed by atoms with van der Waals surface area (Å²) in [6.45, 7) is 9.09.